The van der Waals surface area contributed by atoms with E-state index < -0.39 is 0 Å². The third-order valence-corrected chi connectivity index (χ3v) is 2.10. The SMILES string of the molecule is C#C[C@H](C)n1nnc2ccc(N)cc21. The van der Waals surface area contributed by atoms with Crippen LogP contribution in [0.25, 0.3) is 11.0 Å². The van der Waals surface area contributed by atoms with Crippen LogP contribution in [0.5, 0.6) is 0 Å². The average molecular weight is 186 g/mol. The Hall–Kier alpha value is -2.02. The summed E-state index contributed by atoms with van der Waals surface area (Å²) in [6.45, 7) is 1.89. The molecule has 1 aromatic heterocycles. The van der Waals surface area contributed by atoms with E-state index in [1.807, 2.05) is 19.1 Å². The first kappa shape index (κ1) is 8.57. The maximum Gasteiger partial charge on any atom is 0.113 e. The molecule has 14 heavy (non-hydrogen) atoms. The zero-order chi connectivity index (χ0) is 10.1. The second kappa shape index (κ2) is 3.04. The molecule has 70 valence electrons. The van der Waals surface area contributed by atoms with Crippen LogP contribution in [0.3, 0.4) is 0 Å². The quantitative estimate of drug-likeness (QED) is 0.538. The third kappa shape index (κ3) is 1.19. The molecular weight excluding hydrogens is 176 g/mol. The van der Waals surface area contributed by atoms with Crippen LogP contribution in [0, 0.1) is 12.3 Å². The largest absolute Gasteiger partial charge is 0.399 e. The van der Waals surface area contributed by atoms with Crippen LogP contribution in [-0.2, 0) is 0 Å². The van der Waals surface area contributed by atoms with E-state index >= 15 is 0 Å². The van der Waals surface area contributed by atoms with Crippen molar-refractivity contribution in [1.82, 2.24) is 15.0 Å². The Morgan fingerprint density at radius 3 is 3.07 bits per heavy atom. The van der Waals surface area contributed by atoms with Crippen LogP contribution in [0.2, 0.25) is 0 Å². The lowest BCUT2D eigenvalue weighted by atomic mass is 10.2. The fourth-order valence-corrected chi connectivity index (χ4v) is 1.31. The van der Waals surface area contributed by atoms with Crippen molar-refractivity contribution in [2.75, 3.05) is 5.73 Å². The molecular formula is C10H10N4. The minimum atomic E-state index is -0.109. The minimum absolute atomic E-state index is 0.109. The maximum atomic E-state index is 5.67. The molecule has 4 heteroatoms. The van der Waals surface area contributed by atoms with E-state index in [0.717, 1.165) is 11.0 Å². The van der Waals surface area contributed by atoms with Gasteiger partial charge in [-0.15, -0.1) is 11.5 Å². The van der Waals surface area contributed by atoms with E-state index in [2.05, 4.69) is 16.2 Å². The Labute approximate surface area is 81.7 Å². The van der Waals surface area contributed by atoms with Gasteiger partial charge in [0.1, 0.15) is 11.6 Å². The predicted octanol–water partition coefficient (Wildman–Crippen LogP) is 1.21. The summed E-state index contributed by atoms with van der Waals surface area (Å²) in [7, 11) is 0. The van der Waals surface area contributed by atoms with Crippen LogP contribution in [0.15, 0.2) is 18.2 Å². The number of terminal acetylenes is 1. The highest BCUT2D eigenvalue weighted by molar-refractivity contribution is 5.78. The lowest BCUT2D eigenvalue weighted by Gasteiger charge is -2.04. The van der Waals surface area contributed by atoms with Crippen molar-refractivity contribution in [2.45, 2.75) is 13.0 Å². The van der Waals surface area contributed by atoms with Gasteiger partial charge in [0.15, 0.2) is 0 Å². The number of hydrogen-bond donors (Lipinski definition) is 1. The molecule has 0 saturated carbocycles. The Bertz CT molecular complexity index is 506. The highest BCUT2D eigenvalue weighted by atomic mass is 15.4. The topological polar surface area (TPSA) is 56.7 Å². The first-order valence-corrected chi connectivity index (χ1v) is 4.29. The minimum Gasteiger partial charge on any atom is -0.399 e. The second-order valence-electron chi connectivity index (χ2n) is 3.12. The van der Waals surface area contributed by atoms with Crippen LogP contribution in [-0.4, -0.2) is 15.0 Å². The number of nitrogen functional groups attached to an aromatic ring is 1. The fourth-order valence-electron chi connectivity index (χ4n) is 1.31. The van der Waals surface area contributed by atoms with Gasteiger partial charge in [-0.3, -0.25) is 0 Å². The molecule has 2 rings (SSSR count). The summed E-state index contributed by atoms with van der Waals surface area (Å²) in [6, 6.07) is 5.34. The van der Waals surface area contributed by atoms with Crippen LogP contribution >= 0.6 is 0 Å². The van der Waals surface area contributed by atoms with E-state index in [-0.39, 0.29) is 6.04 Å². The maximum absolute atomic E-state index is 5.67. The molecule has 2 N–H and O–H groups in total. The van der Waals surface area contributed by atoms with Crippen molar-refractivity contribution in [2.24, 2.45) is 0 Å². The molecule has 0 aliphatic heterocycles. The number of hydrogen-bond acceptors (Lipinski definition) is 3. The summed E-state index contributed by atoms with van der Waals surface area (Å²) in [5.74, 6) is 2.60. The number of fused-ring (bicyclic) bond motifs is 1. The molecule has 0 fully saturated rings. The molecule has 0 amide bonds. The molecule has 0 radical (unpaired) electrons. The first-order valence-electron chi connectivity index (χ1n) is 4.29. The molecule has 0 aliphatic rings. The summed E-state index contributed by atoms with van der Waals surface area (Å²) >= 11 is 0. The molecule has 0 spiro atoms. The van der Waals surface area contributed by atoms with Gasteiger partial charge in [-0.1, -0.05) is 11.1 Å². The van der Waals surface area contributed by atoms with Gasteiger partial charge < -0.3 is 5.73 Å². The lowest BCUT2D eigenvalue weighted by Crippen LogP contribution is -2.04. The van der Waals surface area contributed by atoms with E-state index in [9.17, 15) is 0 Å². The first-order chi connectivity index (χ1) is 6.72. The number of nitrogens with zero attached hydrogens (tertiary/aromatic N) is 3. The van der Waals surface area contributed by atoms with Crippen molar-refractivity contribution in [3.63, 3.8) is 0 Å². The molecule has 1 heterocycles. The Morgan fingerprint density at radius 1 is 1.57 bits per heavy atom. The monoisotopic (exact) mass is 186 g/mol. The Kier molecular flexibility index (Phi) is 1.86. The smallest absolute Gasteiger partial charge is 0.113 e. The van der Waals surface area contributed by atoms with Gasteiger partial charge in [-0.2, -0.15) is 0 Å². The zero-order valence-electron chi connectivity index (χ0n) is 7.81. The van der Waals surface area contributed by atoms with Gasteiger partial charge in [-0.25, -0.2) is 4.68 Å². The van der Waals surface area contributed by atoms with Gasteiger partial charge >= 0.3 is 0 Å². The normalized spacial score (nSPS) is 12.6. The third-order valence-electron chi connectivity index (χ3n) is 2.10. The standard InChI is InChI=1S/C10H10N4/c1-3-7(2)14-10-6-8(11)4-5-9(10)12-13-14/h1,4-7H,11H2,2H3/t7-/m0/s1. The Balaban J connectivity index is 2.68. The highest BCUT2D eigenvalue weighted by Crippen LogP contribution is 2.17. The van der Waals surface area contributed by atoms with Crippen molar-refractivity contribution in [3.05, 3.63) is 18.2 Å². The molecule has 0 aliphatic carbocycles. The van der Waals surface area contributed by atoms with E-state index in [0.29, 0.717) is 5.69 Å². The van der Waals surface area contributed by atoms with Crippen LogP contribution in [0.1, 0.15) is 13.0 Å². The van der Waals surface area contributed by atoms with Crippen molar-refractivity contribution < 1.29 is 0 Å². The van der Waals surface area contributed by atoms with E-state index in [1.54, 1.807) is 10.7 Å². The number of rotatable bonds is 1. The van der Waals surface area contributed by atoms with E-state index in [1.165, 1.54) is 0 Å². The van der Waals surface area contributed by atoms with E-state index in [4.69, 9.17) is 12.2 Å². The lowest BCUT2D eigenvalue weighted by molar-refractivity contribution is 0.590. The molecule has 0 unspecified atom stereocenters. The average Bonchev–Trinajstić information content (AvgIpc) is 2.59. The van der Waals surface area contributed by atoms with Crippen molar-refractivity contribution >= 4 is 16.7 Å². The van der Waals surface area contributed by atoms with Crippen LogP contribution < -0.4 is 5.73 Å². The second-order valence-corrected chi connectivity index (χ2v) is 3.12. The molecule has 1 atom stereocenters. The highest BCUT2D eigenvalue weighted by Gasteiger charge is 2.08. The summed E-state index contributed by atoms with van der Waals surface area (Å²) in [5.41, 5.74) is 8.04. The van der Waals surface area contributed by atoms with Gasteiger partial charge in [0.2, 0.25) is 0 Å². The fraction of sp³-hybridized carbons (Fsp3) is 0.200. The van der Waals surface area contributed by atoms with Crippen LogP contribution in [0.4, 0.5) is 5.69 Å². The van der Waals surface area contributed by atoms with Gasteiger partial charge in [0.25, 0.3) is 0 Å². The number of anilines is 1. The summed E-state index contributed by atoms with van der Waals surface area (Å²) in [4.78, 5) is 0. The predicted molar refractivity (Wildman–Crippen MR) is 55.5 cm³/mol. The molecule has 4 nitrogen and oxygen atoms in total. The van der Waals surface area contributed by atoms with Gasteiger partial charge in [0.05, 0.1) is 5.52 Å². The Morgan fingerprint density at radius 2 is 2.36 bits per heavy atom. The summed E-state index contributed by atoms with van der Waals surface area (Å²) < 4.78 is 1.69. The van der Waals surface area contributed by atoms with Gasteiger partial charge in [-0.05, 0) is 25.1 Å². The molecule has 0 saturated heterocycles. The molecule has 1 aromatic carbocycles. The number of nitrogens with two attached hydrogens (primary N) is 1. The zero-order valence-corrected chi connectivity index (χ0v) is 7.81. The molecule has 0 bridgehead atoms. The number of aromatic nitrogens is 3. The van der Waals surface area contributed by atoms with Crippen molar-refractivity contribution in [3.8, 4) is 12.3 Å². The van der Waals surface area contributed by atoms with Gasteiger partial charge in [0, 0.05) is 5.69 Å². The van der Waals surface area contributed by atoms with Crippen molar-refractivity contribution in [1.29, 1.82) is 0 Å². The number of benzene rings is 1. The summed E-state index contributed by atoms with van der Waals surface area (Å²) in [5, 5.41) is 7.97. The summed E-state index contributed by atoms with van der Waals surface area (Å²) in [6.07, 6.45) is 5.32. The molecule has 2 aromatic rings.